The Bertz CT molecular complexity index is 1370. The summed E-state index contributed by atoms with van der Waals surface area (Å²) in [6.07, 6.45) is 1.13. The van der Waals surface area contributed by atoms with Crippen molar-refractivity contribution in [2.24, 2.45) is 0 Å². The number of nitrogens with one attached hydrogen (secondary N) is 1. The van der Waals surface area contributed by atoms with Crippen molar-refractivity contribution in [3.8, 4) is 16.9 Å². The average molecular weight is 497 g/mol. The fraction of sp³-hybridized carbons (Fsp3) is 0.240. The number of pyridine rings is 1. The lowest BCUT2D eigenvalue weighted by molar-refractivity contribution is 0.0822. The molecule has 4 rings (SSSR count). The number of hydrogen-bond acceptors (Lipinski definition) is 8. The minimum Gasteiger partial charge on any atom is -0.491 e. The Morgan fingerprint density at radius 1 is 1.20 bits per heavy atom. The number of nitrogens with zero attached hydrogens (tertiary/aromatic N) is 3. The zero-order valence-corrected chi connectivity index (χ0v) is 20.0. The van der Waals surface area contributed by atoms with E-state index in [1.807, 2.05) is 19.1 Å². The van der Waals surface area contributed by atoms with Gasteiger partial charge in [0.15, 0.2) is 5.65 Å². The lowest BCUT2D eigenvalue weighted by Crippen LogP contribution is -2.27. The number of aliphatic hydroxyl groups excluding tert-OH is 2. The van der Waals surface area contributed by atoms with Crippen LogP contribution in [-0.4, -0.2) is 51.3 Å². The molecule has 4 aromatic rings. The third-order valence-electron chi connectivity index (χ3n) is 5.39. The highest BCUT2D eigenvalue weighted by Gasteiger charge is 2.17. The number of aryl methyl sites for hydroxylation is 1. The molecule has 1 atom stereocenters. The topological polar surface area (TPSA) is 119 Å². The van der Waals surface area contributed by atoms with Crippen LogP contribution in [0.4, 0.5) is 11.6 Å². The van der Waals surface area contributed by atoms with Gasteiger partial charge >= 0.3 is 0 Å². The van der Waals surface area contributed by atoms with Crippen LogP contribution in [0.3, 0.4) is 0 Å². The van der Waals surface area contributed by atoms with E-state index in [0.29, 0.717) is 38.6 Å². The van der Waals surface area contributed by atoms with Gasteiger partial charge in [-0.3, -0.25) is 4.79 Å². The minimum atomic E-state index is -0.732. The molecule has 2 aromatic carbocycles. The average Bonchev–Trinajstić information content (AvgIpc) is 2.84. The van der Waals surface area contributed by atoms with Gasteiger partial charge in [0.05, 0.1) is 11.7 Å². The molecule has 0 radical (unpaired) electrons. The van der Waals surface area contributed by atoms with Crippen molar-refractivity contribution in [2.45, 2.75) is 19.4 Å². The third kappa shape index (κ3) is 5.37. The van der Waals surface area contributed by atoms with Gasteiger partial charge in [-0.2, -0.15) is 4.98 Å². The van der Waals surface area contributed by atoms with E-state index in [1.165, 1.54) is 7.11 Å². The van der Waals surface area contributed by atoms with Gasteiger partial charge in [-0.15, -0.1) is 4.73 Å². The molecule has 0 amide bonds. The van der Waals surface area contributed by atoms with E-state index in [-0.39, 0.29) is 31.1 Å². The molecule has 0 saturated heterocycles. The Morgan fingerprint density at radius 3 is 2.66 bits per heavy atom. The van der Waals surface area contributed by atoms with E-state index in [2.05, 4.69) is 15.3 Å². The van der Waals surface area contributed by atoms with E-state index in [4.69, 9.17) is 26.3 Å². The molecule has 0 bridgehead atoms. The van der Waals surface area contributed by atoms with Gasteiger partial charge in [-0.25, -0.2) is 4.98 Å². The summed E-state index contributed by atoms with van der Waals surface area (Å²) in [6, 6.07) is 14.2. The number of rotatable bonds is 9. The predicted octanol–water partition coefficient (Wildman–Crippen LogP) is 3.34. The van der Waals surface area contributed by atoms with E-state index < -0.39 is 6.10 Å². The van der Waals surface area contributed by atoms with E-state index in [9.17, 15) is 9.90 Å². The number of aliphatic hydroxyl groups is 2. The highest BCUT2D eigenvalue weighted by Crippen LogP contribution is 2.30. The van der Waals surface area contributed by atoms with Crippen LogP contribution < -0.4 is 20.5 Å². The Labute approximate surface area is 206 Å². The fourth-order valence-corrected chi connectivity index (χ4v) is 3.96. The second kappa shape index (κ2) is 10.7. The van der Waals surface area contributed by atoms with Crippen LogP contribution in [0.5, 0.6) is 5.75 Å². The number of ether oxygens (including phenoxy) is 1. The molecule has 0 aliphatic rings. The van der Waals surface area contributed by atoms with Crippen LogP contribution in [0.15, 0.2) is 59.5 Å². The van der Waals surface area contributed by atoms with Gasteiger partial charge < -0.3 is 25.1 Å². The molecular formula is C25H25ClN4O5. The van der Waals surface area contributed by atoms with Crippen LogP contribution in [-0.2, 0) is 0 Å². The first kappa shape index (κ1) is 24.5. The molecule has 0 saturated carbocycles. The summed E-state index contributed by atoms with van der Waals surface area (Å²) in [6.45, 7) is 1.88. The monoisotopic (exact) mass is 496 g/mol. The standard InChI is InChI=1S/C25H25ClN4O5/c1-15-4-3-5-21(26)22(15)20-12-16-13-27-25(29-23(16)30(34-2)24(20)33)28-17-6-8-19(9-7-17)35-14-18(32)10-11-31/h3-9,12-13,18,31-32H,10-11,14H2,1-2H3,(H,27,28,29). The molecule has 1 unspecified atom stereocenters. The quantitative estimate of drug-likeness (QED) is 0.323. The number of fused-ring (bicyclic) bond motifs is 1. The van der Waals surface area contributed by atoms with E-state index in [1.54, 1.807) is 42.6 Å². The van der Waals surface area contributed by atoms with Crippen molar-refractivity contribution in [2.75, 3.05) is 25.6 Å². The lowest BCUT2D eigenvalue weighted by Gasteiger charge is -2.14. The highest BCUT2D eigenvalue weighted by molar-refractivity contribution is 6.33. The first-order valence-electron chi connectivity index (χ1n) is 10.9. The van der Waals surface area contributed by atoms with Crippen molar-refractivity contribution in [1.29, 1.82) is 0 Å². The first-order chi connectivity index (χ1) is 16.9. The number of hydrogen-bond donors (Lipinski definition) is 3. The van der Waals surface area contributed by atoms with Gasteiger partial charge in [-0.05, 0) is 55.3 Å². The molecule has 0 fully saturated rings. The van der Waals surface area contributed by atoms with Crippen molar-refractivity contribution in [3.05, 3.63) is 75.7 Å². The van der Waals surface area contributed by atoms with Gasteiger partial charge in [0, 0.05) is 34.5 Å². The zero-order chi connectivity index (χ0) is 24.9. The second-order valence-electron chi connectivity index (χ2n) is 7.87. The summed E-state index contributed by atoms with van der Waals surface area (Å²) in [4.78, 5) is 27.5. The molecule has 2 aromatic heterocycles. The van der Waals surface area contributed by atoms with Crippen LogP contribution in [0.25, 0.3) is 22.2 Å². The maximum atomic E-state index is 13.2. The maximum absolute atomic E-state index is 13.2. The second-order valence-corrected chi connectivity index (χ2v) is 8.28. The molecule has 0 spiro atoms. The van der Waals surface area contributed by atoms with E-state index >= 15 is 0 Å². The van der Waals surface area contributed by atoms with Crippen molar-refractivity contribution in [3.63, 3.8) is 0 Å². The van der Waals surface area contributed by atoms with Gasteiger partial charge in [-0.1, -0.05) is 23.7 Å². The first-order valence-corrected chi connectivity index (χ1v) is 11.3. The van der Waals surface area contributed by atoms with Crippen molar-refractivity contribution < 1.29 is 19.8 Å². The number of aromatic nitrogens is 3. The minimum absolute atomic E-state index is 0.0887. The molecule has 182 valence electrons. The molecule has 2 heterocycles. The number of benzene rings is 2. The number of halogens is 1. The van der Waals surface area contributed by atoms with Crippen LogP contribution in [0.1, 0.15) is 12.0 Å². The fourth-order valence-electron chi connectivity index (χ4n) is 3.64. The Hall–Kier alpha value is -3.66. The molecule has 0 aliphatic carbocycles. The summed E-state index contributed by atoms with van der Waals surface area (Å²) in [5.41, 5.74) is 2.52. The Kier molecular flexibility index (Phi) is 7.50. The van der Waals surface area contributed by atoms with Gasteiger partial charge in [0.1, 0.15) is 19.5 Å². The Morgan fingerprint density at radius 2 is 1.97 bits per heavy atom. The summed E-state index contributed by atoms with van der Waals surface area (Å²) < 4.78 is 6.63. The summed E-state index contributed by atoms with van der Waals surface area (Å²) in [5.74, 6) is 0.846. The maximum Gasteiger partial charge on any atom is 0.293 e. The highest BCUT2D eigenvalue weighted by atomic mass is 35.5. The van der Waals surface area contributed by atoms with E-state index in [0.717, 1.165) is 10.3 Å². The molecule has 9 nitrogen and oxygen atoms in total. The van der Waals surface area contributed by atoms with Gasteiger partial charge in [0.25, 0.3) is 5.56 Å². The van der Waals surface area contributed by atoms with Crippen molar-refractivity contribution >= 4 is 34.3 Å². The lowest BCUT2D eigenvalue weighted by atomic mass is 10.0. The predicted molar refractivity (Wildman–Crippen MR) is 134 cm³/mol. The van der Waals surface area contributed by atoms with Crippen LogP contribution in [0, 0.1) is 6.92 Å². The largest absolute Gasteiger partial charge is 0.491 e. The van der Waals surface area contributed by atoms with Crippen molar-refractivity contribution in [1.82, 2.24) is 14.7 Å². The summed E-state index contributed by atoms with van der Waals surface area (Å²) >= 11 is 6.40. The summed E-state index contributed by atoms with van der Waals surface area (Å²) in [7, 11) is 1.40. The third-order valence-corrected chi connectivity index (χ3v) is 5.71. The molecule has 10 heteroatoms. The normalized spacial score (nSPS) is 11.9. The van der Waals surface area contributed by atoms with Crippen LogP contribution >= 0.6 is 11.6 Å². The smallest absolute Gasteiger partial charge is 0.293 e. The molecule has 3 N–H and O–H groups in total. The van der Waals surface area contributed by atoms with Gasteiger partial charge in [0.2, 0.25) is 5.95 Å². The van der Waals surface area contributed by atoms with Crippen LogP contribution in [0.2, 0.25) is 5.02 Å². The summed E-state index contributed by atoms with van der Waals surface area (Å²) in [5, 5.41) is 22.7. The number of anilines is 2. The molecular weight excluding hydrogens is 472 g/mol. The Balaban J connectivity index is 1.61. The zero-order valence-electron chi connectivity index (χ0n) is 19.2. The molecule has 35 heavy (non-hydrogen) atoms. The SMILES string of the molecule is COn1c(=O)c(-c2c(C)cccc2Cl)cc2cnc(Nc3ccc(OCC(O)CCO)cc3)nc21. The molecule has 0 aliphatic heterocycles.